The average Bonchev–Trinajstić information content (AvgIpc) is 3.52. The molecule has 0 radical (unpaired) electrons. The molecule has 0 aliphatic carbocycles. The van der Waals surface area contributed by atoms with Gasteiger partial charge in [0.25, 0.3) is 0 Å². The van der Waals surface area contributed by atoms with Crippen LogP contribution in [0.2, 0.25) is 0 Å². The number of carbonyl (C=O) groups excluding carboxylic acids is 2. The third-order valence-electron chi connectivity index (χ3n) is 13.6. The molecule has 0 spiro atoms. The van der Waals surface area contributed by atoms with Crippen LogP contribution in [0.4, 0.5) is 0 Å². The molecular weight excluding hydrogens is 1070 g/mol. The SMILES string of the molecule is CC/C=C\C/C=C\C/C=C\C/C=C\C/C=C\C/C=C\C/C=C\C/C=C\C/C=C\C/C=C\CCCCCCC(=O)OC(COC(=O)CCCCCCCCCCCCCCCCCC/C=C\C/C=C\C/C=C\C/C=C\CC)COP(=O)(O)OCCN. The summed E-state index contributed by atoms with van der Waals surface area (Å²) in [5, 5.41) is 0. The molecule has 0 aliphatic heterocycles. The summed E-state index contributed by atoms with van der Waals surface area (Å²) in [5.41, 5.74) is 5.39. The number of hydrogen-bond donors (Lipinski definition) is 2. The molecule has 0 aromatic heterocycles. The van der Waals surface area contributed by atoms with Gasteiger partial charge >= 0.3 is 19.8 Å². The molecule has 0 saturated carbocycles. The van der Waals surface area contributed by atoms with Crippen LogP contribution in [0.1, 0.15) is 258 Å². The van der Waals surface area contributed by atoms with E-state index >= 15 is 0 Å². The van der Waals surface area contributed by atoms with Gasteiger partial charge < -0.3 is 20.1 Å². The lowest BCUT2D eigenvalue weighted by Crippen LogP contribution is -2.29. The third kappa shape index (κ3) is 68.4. The van der Waals surface area contributed by atoms with Gasteiger partial charge in [0.1, 0.15) is 6.61 Å². The third-order valence-corrected chi connectivity index (χ3v) is 14.6. The molecule has 0 heterocycles. The lowest BCUT2D eigenvalue weighted by Gasteiger charge is -2.19. The van der Waals surface area contributed by atoms with E-state index in [0.717, 1.165) is 135 Å². The fraction of sp³-hybridized carbons (Fsp3) is 0.600. The summed E-state index contributed by atoms with van der Waals surface area (Å²) in [7, 11) is -4.41. The number of unbranched alkanes of at least 4 members (excludes halogenated alkanes) is 20. The van der Waals surface area contributed by atoms with E-state index in [1.807, 2.05) is 0 Å². The molecule has 0 aliphatic rings. The molecule has 0 bridgehead atoms. The van der Waals surface area contributed by atoms with E-state index in [0.29, 0.717) is 6.42 Å². The Bertz CT molecular complexity index is 2000. The van der Waals surface area contributed by atoms with Crippen LogP contribution in [-0.2, 0) is 32.7 Å². The Morgan fingerprint density at radius 2 is 0.612 bits per heavy atom. The maximum atomic E-state index is 12.7. The van der Waals surface area contributed by atoms with Crippen molar-refractivity contribution in [3.8, 4) is 0 Å². The Labute approximate surface area is 521 Å². The number of ether oxygens (including phenoxy) is 2. The molecule has 9 nitrogen and oxygen atoms in total. The molecule has 3 N–H and O–H groups in total. The second-order valence-electron chi connectivity index (χ2n) is 21.6. The Morgan fingerprint density at radius 1 is 0.353 bits per heavy atom. The second kappa shape index (κ2) is 68.5. The molecule has 0 rings (SSSR count). The summed E-state index contributed by atoms with van der Waals surface area (Å²) in [4.78, 5) is 35.3. The van der Waals surface area contributed by atoms with Gasteiger partial charge in [-0.1, -0.05) is 287 Å². The molecule has 0 fully saturated rings. The first-order valence-corrected chi connectivity index (χ1v) is 35.1. The van der Waals surface area contributed by atoms with Crippen molar-refractivity contribution in [2.45, 2.75) is 264 Å². The predicted molar refractivity (Wildman–Crippen MR) is 366 cm³/mol. The molecular formula is C75H122NO8P. The highest BCUT2D eigenvalue weighted by atomic mass is 31.2. The number of rotatable bonds is 61. The van der Waals surface area contributed by atoms with Gasteiger partial charge in [-0.3, -0.25) is 18.6 Å². The van der Waals surface area contributed by atoms with Gasteiger partial charge in [-0.2, -0.15) is 0 Å². The average molecular weight is 1200 g/mol. The number of esters is 2. The van der Waals surface area contributed by atoms with E-state index in [1.54, 1.807) is 0 Å². The van der Waals surface area contributed by atoms with E-state index in [9.17, 15) is 19.0 Å². The number of phosphoric acid groups is 1. The van der Waals surface area contributed by atoms with Crippen molar-refractivity contribution in [1.29, 1.82) is 0 Å². The Morgan fingerprint density at radius 3 is 0.906 bits per heavy atom. The molecule has 2 unspecified atom stereocenters. The van der Waals surface area contributed by atoms with E-state index in [4.69, 9.17) is 24.3 Å². The van der Waals surface area contributed by atoms with Crippen molar-refractivity contribution in [3.63, 3.8) is 0 Å². The van der Waals surface area contributed by atoms with E-state index in [-0.39, 0.29) is 32.6 Å². The topological polar surface area (TPSA) is 134 Å². The van der Waals surface area contributed by atoms with Gasteiger partial charge in [-0.05, 0) is 128 Å². The summed E-state index contributed by atoms with van der Waals surface area (Å²) in [5.74, 6) is -0.864. The van der Waals surface area contributed by atoms with Crippen molar-refractivity contribution < 1.29 is 37.6 Å². The Balaban J connectivity index is 4.02. The van der Waals surface area contributed by atoms with Crippen LogP contribution >= 0.6 is 7.82 Å². The molecule has 0 amide bonds. The highest BCUT2D eigenvalue weighted by Crippen LogP contribution is 2.43. The lowest BCUT2D eigenvalue weighted by molar-refractivity contribution is -0.161. The van der Waals surface area contributed by atoms with Crippen LogP contribution < -0.4 is 5.73 Å². The minimum atomic E-state index is -4.41. The van der Waals surface area contributed by atoms with E-state index < -0.39 is 32.5 Å². The van der Waals surface area contributed by atoms with Gasteiger partial charge in [0, 0.05) is 19.4 Å². The predicted octanol–water partition coefficient (Wildman–Crippen LogP) is 22.2. The molecule has 0 aromatic carbocycles. The van der Waals surface area contributed by atoms with Crippen LogP contribution in [0.25, 0.3) is 0 Å². The first kappa shape index (κ1) is 80.4. The van der Waals surface area contributed by atoms with Crippen molar-refractivity contribution >= 4 is 19.8 Å². The van der Waals surface area contributed by atoms with Gasteiger partial charge in [0.05, 0.1) is 13.2 Å². The van der Waals surface area contributed by atoms with Crippen molar-refractivity contribution in [3.05, 3.63) is 170 Å². The minimum absolute atomic E-state index is 0.0406. The van der Waals surface area contributed by atoms with Crippen LogP contribution in [0.5, 0.6) is 0 Å². The van der Waals surface area contributed by atoms with Crippen LogP contribution in [0.15, 0.2) is 170 Å². The zero-order valence-corrected chi connectivity index (χ0v) is 54.7. The fourth-order valence-corrected chi connectivity index (χ4v) is 9.48. The smallest absolute Gasteiger partial charge is 0.462 e. The summed E-state index contributed by atoms with van der Waals surface area (Å²) < 4.78 is 33.1. The number of allylic oxidation sites excluding steroid dienone is 28. The van der Waals surface area contributed by atoms with Gasteiger partial charge in [-0.25, -0.2) is 4.57 Å². The van der Waals surface area contributed by atoms with Crippen LogP contribution in [0, 0.1) is 0 Å². The van der Waals surface area contributed by atoms with E-state index in [2.05, 4.69) is 184 Å². The molecule has 480 valence electrons. The summed E-state index contributed by atoms with van der Waals surface area (Å²) in [6, 6.07) is 0. The zero-order valence-electron chi connectivity index (χ0n) is 53.8. The maximum Gasteiger partial charge on any atom is 0.472 e. The second-order valence-corrected chi connectivity index (χ2v) is 23.0. The van der Waals surface area contributed by atoms with Crippen molar-refractivity contribution in [2.24, 2.45) is 5.73 Å². The van der Waals surface area contributed by atoms with Crippen LogP contribution in [0.3, 0.4) is 0 Å². The van der Waals surface area contributed by atoms with Crippen LogP contribution in [-0.4, -0.2) is 49.3 Å². The molecule has 10 heteroatoms. The van der Waals surface area contributed by atoms with Gasteiger partial charge in [0.15, 0.2) is 6.10 Å². The monoisotopic (exact) mass is 1200 g/mol. The largest absolute Gasteiger partial charge is 0.472 e. The quantitative estimate of drug-likeness (QED) is 0.0264. The highest BCUT2D eigenvalue weighted by Gasteiger charge is 2.26. The number of hydrogen-bond acceptors (Lipinski definition) is 8. The zero-order chi connectivity index (χ0) is 61.6. The first-order chi connectivity index (χ1) is 41.8. The summed E-state index contributed by atoms with van der Waals surface area (Å²) in [6.07, 6.45) is 101. The molecule has 2 atom stereocenters. The highest BCUT2D eigenvalue weighted by molar-refractivity contribution is 7.47. The van der Waals surface area contributed by atoms with Crippen molar-refractivity contribution in [2.75, 3.05) is 26.4 Å². The fourth-order valence-electron chi connectivity index (χ4n) is 8.71. The Kier molecular flexibility index (Phi) is 64.8. The summed E-state index contributed by atoms with van der Waals surface area (Å²) >= 11 is 0. The number of phosphoric ester groups is 1. The molecule has 85 heavy (non-hydrogen) atoms. The van der Waals surface area contributed by atoms with Gasteiger partial charge in [0.2, 0.25) is 0 Å². The minimum Gasteiger partial charge on any atom is -0.462 e. The van der Waals surface area contributed by atoms with Gasteiger partial charge in [-0.15, -0.1) is 0 Å². The molecule has 0 aromatic rings. The maximum absolute atomic E-state index is 12.7. The lowest BCUT2D eigenvalue weighted by atomic mass is 10.0. The Hall–Kier alpha value is -4.63. The number of nitrogens with two attached hydrogens (primary N) is 1. The van der Waals surface area contributed by atoms with Crippen molar-refractivity contribution in [1.82, 2.24) is 0 Å². The van der Waals surface area contributed by atoms with E-state index in [1.165, 1.54) is 89.9 Å². The first-order valence-electron chi connectivity index (χ1n) is 33.6. The number of carbonyl (C=O) groups is 2. The summed E-state index contributed by atoms with van der Waals surface area (Å²) in [6.45, 7) is 3.48. The normalized spacial score (nSPS) is 14.1. The standard InChI is InChI=1S/C75H122NO8P/c1-3-5-7-9-11-13-15-17-19-21-23-25-27-29-31-33-34-35-36-37-38-40-42-44-46-48-50-52-54-56-58-60-62-64-66-68-75(78)84-73(72-83-85(79,80)82-70-69-76)71-81-74(77)67-65-63-61-59-57-55-53-51-49-47-45-43-41-39-32-30-28-26-24-22-20-18-16-14-12-10-8-6-4-2/h5-8,11-14,17-20,23-26,29,31,34-35,37-38,42,44,48,50,54,56,73H,3-4,9-10,15-16,21-22,27-28,30,32-33,36,39-41,43,45-47,49,51-53,55,57-72,76H2,1-2H3,(H,79,80)/b7-5-,8-6-,13-11-,14-12-,19-17-,20-18-,25-23-,26-24-,31-29-,35-34-,38-37-,44-42-,50-48-,56-54-. The molecule has 0 saturated heterocycles.